The molecule has 3 aromatic rings. The van der Waals surface area contributed by atoms with E-state index in [-0.39, 0.29) is 29.7 Å². The zero-order valence-electron chi connectivity index (χ0n) is 19.0. The Morgan fingerprint density at radius 2 is 1.67 bits per heavy atom. The molecule has 1 aliphatic rings. The maximum absolute atomic E-state index is 13.7. The van der Waals surface area contributed by atoms with Gasteiger partial charge in [-0.05, 0) is 59.2 Å². The van der Waals surface area contributed by atoms with Crippen molar-refractivity contribution >= 4 is 11.6 Å². The van der Waals surface area contributed by atoms with Crippen LogP contribution in [0.15, 0.2) is 72.8 Å². The summed E-state index contributed by atoms with van der Waals surface area (Å²) in [5, 5.41) is 0. The molecule has 33 heavy (non-hydrogen) atoms. The molecule has 3 nitrogen and oxygen atoms in total. The van der Waals surface area contributed by atoms with Gasteiger partial charge in [-0.15, -0.1) is 0 Å². The van der Waals surface area contributed by atoms with Gasteiger partial charge in [-0.2, -0.15) is 0 Å². The molecule has 0 unspecified atom stereocenters. The molecule has 4 atom stereocenters. The average molecular weight is 449 g/mol. The lowest BCUT2D eigenvalue weighted by Crippen LogP contribution is -2.45. The highest BCUT2D eigenvalue weighted by Gasteiger charge is 2.46. The monoisotopic (exact) mass is 448 g/mol. The molecule has 1 aliphatic carbocycles. The number of carbonyl (C=O) groups is 1. The maximum atomic E-state index is 13.7. The molecule has 0 aromatic heterocycles. The van der Waals surface area contributed by atoms with Crippen molar-refractivity contribution in [3.05, 3.63) is 90.0 Å². The van der Waals surface area contributed by atoms with E-state index in [1.807, 2.05) is 54.6 Å². The standard InChI is InChI=1S/C28H30F2N2O/c1-3-18(2)27(31)17-32(22-12-9-20(10-13-22)19-7-5-4-6-8-19)28(33)24-16-23(24)21-11-14-25(29)26(30)15-21/h4-15,18,23-24,27H,3,16-17,31H2,1-2H3/t18-,23-,24+,27+/m0/s1. The molecule has 2 N–H and O–H groups in total. The summed E-state index contributed by atoms with van der Waals surface area (Å²) in [6.07, 6.45) is 1.55. The van der Waals surface area contributed by atoms with Gasteiger partial charge in [-0.3, -0.25) is 4.79 Å². The highest BCUT2D eigenvalue weighted by Crippen LogP contribution is 2.49. The van der Waals surface area contributed by atoms with Crippen LogP contribution >= 0.6 is 0 Å². The third-order valence-electron chi connectivity index (χ3n) is 6.80. The number of anilines is 1. The molecule has 172 valence electrons. The Bertz CT molecular complexity index is 1100. The molecular weight excluding hydrogens is 418 g/mol. The first-order chi connectivity index (χ1) is 15.9. The molecule has 0 aliphatic heterocycles. The quantitative estimate of drug-likeness (QED) is 0.450. The second kappa shape index (κ2) is 9.84. The summed E-state index contributed by atoms with van der Waals surface area (Å²) in [6.45, 7) is 4.60. The van der Waals surface area contributed by atoms with Crippen molar-refractivity contribution in [1.29, 1.82) is 0 Å². The topological polar surface area (TPSA) is 46.3 Å². The van der Waals surface area contributed by atoms with E-state index in [4.69, 9.17) is 5.73 Å². The van der Waals surface area contributed by atoms with Crippen molar-refractivity contribution in [2.24, 2.45) is 17.6 Å². The molecule has 0 heterocycles. The summed E-state index contributed by atoms with van der Waals surface area (Å²) in [6, 6.07) is 21.8. The van der Waals surface area contributed by atoms with Crippen LogP contribution in [0.25, 0.3) is 11.1 Å². The Labute approximate surface area is 194 Å². The van der Waals surface area contributed by atoms with E-state index in [0.29, 0.717) is 18.5 Å². The van der Waals surface area contributed by atoms with Crippen LogP contribution in [-0.4, -0.2) is 18.5 Å². The number of halogens is 2. The third-order valence-corrected chi connectivity index (χ3v) is 6.80. The van der Waals surface area contributed by atoms with Crippen molar-refractivity contribution in [2.75, 3.05) is 11.4 Å². The largest absolute Gasteiger partial charge is 0.326 e. The van der Waals surface area contributed by atoms with Gasteiger partial charge in [-0.1, -0.05) is 68.8 Å². The Hall–Kier alpha value is -3.05. The molecule has 1 fully saturated rings. The van der Waals surface area contributed by atoms with Gasteiger partial charge in [0.15, 0.2) is 11.6 Å². The van der Waals surface area contributed by atoms with Gasteiger partial charge in [0.25, 0.3) is 0 Å². The first kappa shape index (κ1) is 23.1. The fraction of sp³-hybridized carbons (Fsp3) is 0.321. The van der Waals surface area contributed by atoms with E-state index in [1.54, 1.807) is 11.0 Å². The van der Waals surface area contributed by atoms with Gasteiger partial charge in [0.05, 0.1) is 0 Å². The van der Waals surface area contributed by atoms with Crippen molar-refractivity contribution in [3.63, 3.8) is 0 Å². The summed E-state index contributed by atoms with van der Waals surface area (Å²) < 4.78 is 27.0. The Balaban J connectivity index is 1.57. The number of nitrogens with zero attached hydrogens (tertiary/aromatic N) is 1. The minimum atomic E-state index is -0.877. The summed E-state index contributed by atoms with van der Waals surface area (Å²) in [7, 11) is 0. The number of carbonyl (C=O) groups excluding carboxylic acids is 1. The first-order valence-corrected chi connectivity index (χ1v) is 11.6. The van der Waals surface area contributed by atoms with E-state index < -0.39 is 11.6 Å². The lowest BCUT2D eigenvalue weighted by atomic mass is 9.98. The molecule has 3 aromatic carbocycles. The van der Waals surface area contributed by atoms with Crippen LogP contribution in [0.3, 0.4) is 0 Å². The van der Waals surface area contributed by atoms with Crippen molar-refractivity contribution < 1.29 is 13.6 Å². The fourth-order valence-corrected chi connectivity index (χ4v) is 4.26. The van der Waals surface area contributed by atoms with Crippen LogP contribution in [0.1, 0.15) is 38.2 Å². The van der Waals surface area contributed by atoms with Crippen molar-refractivity contribution in [2.45, 2.75) is 38.6 Å². The zero-order chi connectivity index (χ0) is 23.5. The van der Waals surface area contributed by atoms with Gasteiger partial charge in [-0.25, -0.2) is 8.78 Å². The molecule has 1 amide bonds. The van der Waals surface area contributed by atoms with Crippen molar-refractivity contribution in [1.82, 2.24) is 0 Å². The zero-order valence-corrected chi connectivity index (χ0v) is 19.0. The lowest BCUT2D eigenvalue weighted by Gasteiger charge is -2.29. The minimum Gasteiger partial charge on any atom is -0.326 e. The Morgan fingerprint density at radius 1 is 1.00 bits per heavy atom. The summed E-state index contributed by atoms with van der Waals surface area (Å²) in [5.74, 6) is -1.85. The Morgan fingerprint density at radius 3 is 2.30 bits per heavy atom. The number of hydrogen-bond donors (Lipinski definition) is 1. The number of nitrogens with two attached hydrogens (primary N) is 1. The van der Waals surface area contributed by atoms with Crippen LogP contribution in [0.5, 0.6) is 0 Å². The molecule has 4 rings (SSSR count). The third kappa shape index (κ3) is 5.14. The van der Waals surface area contributed by atoms with Gasteiger partial charge in [0.1, 0.15) is 0 Å². The van der Waals surface area contributed by atoms with E-state index in [1.165, 1.54) is 6.07 Å². The summed E-state index contributed by atoms with van der Waals surface area (Å²) in [5.41, 5.74) is 10.1. The molecule has 0 saturated heterocycles. The van der Waals surface area contributed by atoms with Crippen LogP contribution in [0.2, 0.25) is 0 Å². The second-order valence-electron chi connectivity index (χ2n) is 9.03. The highest BCUT2D eigenvalue weighted by atomic mass is 19.2. The first-order valence-electron chi connectivity index (χ1n) is 11.6. The molecule has 5 heteroatoms. The highest BCUT2D eigenvalue weighted by molar-refractivity contribution is 5.97. The number of hydrogen-bond acceptors (Lipinski definition) is 2. The molecule has 0 bridgehead atoms. The van der Waals surface area contributed by atoms with E-state index >= 15 is 0 Å². The lowest BCUT2D eigenvalue weighted by molar-refractivity contribution is -0.120. The van der Waals surface area contributed by atoms with Crippen LogP contribution in [-0.2, 0) is 4.79 Å². The number of benzene rings is 3. The van der Waals surface area contributed by atoms with E-state index in [0.717, 1.165) is 29.3 Å². The summed E-state index contributed by atoms with van der Waals surface area (Å²) in [4.78, 5) is 15.3. The van der Waals surface area contributed by atoms with Crippen LogP contribution in [0.4, 0.5) is 14.5 Å². The van der Waals surface area contributed by atoms with Crippen molar-refractivity contribution in [3.8, 4) is 11.1 Å². The maximum Gasteiger partial charge on any atom is 0.230 e. The normalized spacial score (nSPS) is 19.1. The SMILES string of the molecule is CC[C@H](C)[C@H](N)CN(C(=O)[C@@H]1C[C@H]1c1ccc(F)c(F)c1)c1ccc(-c2ccccc2)cc1. The number of rotatable bonds is 8. The average Bonchev–Trinajstić information content (AvgIpc) is 3.65. The van der Waals surface area contributed by atoms with E-state index in [9.17, 15) is 13.6 Å². The van der Waals surface area contributed by atoms with E-state index in [2.05, 4.69) is 13.8 Å². The second-order valence-corrected chi connectivity index (χ2v) is 9.03. The minimum absolute atomic E-state index is 0.0176. The van der Waals surface area contributed by atoms with Crippen LogP contribution in [0, 0.1) is 23.5 Å². The molecule has 0 radical (unpaired) electrons. The van der Waals surface area contributed by atoms with Crippen LogP contribution < -0.4 is 10.6 Å². The molecule has 0 spiro atoms. The number of amides is 1. The predicted octanol–water partition coefficient (Wildman–Crippen LogP) is 6.14. The summed E-state index contributed by atoms with van der Waals surface area (Å²) >= 11 is 0. The van der Waals surface area contributed by atoms with Gasteiger partial charge in [0.2, 0.25) is 5.91 Å². The van der Waals surface area contributed by atoms with Gasteiger partial charge in [0, 0.05) is 24.2 Å². The predicted molar refractivity (Wildman–Crippen MR) is 129 cm³/mol. The molecule has 1 saturated carbocycles. The fourth-order valence-electron chi connectivity index (χ4n) is 4.26. The van der Waals surface area contributed by atoms with Gasteiger partial charge >= 0.3 is 0 Å². The molecular formula is C28H30F2N2O. The smallest absolute Gasteiger partial charge is 0.230 e. The van der Waals surface area contributed by atoms with Gasteiger partial charge < -0.3 is 10.6 Å². The Kier molecular flexibility index (Phi) is 6.89.